The number of benzene rings is 2. The molecule has 0 aliphatic rings. The molecule has 0 spiro atoms. The van der Waals surface area contributed by atoms with E-state index in [0.717, 1.165) is 0 Å². The minimum absolute atomic E-state index is 0.259. The lowest BCUT2D eigenvalue weighted by Crippen LogP contribution is -2.07. The number of hydrogen-bond acceptors (Lipinski definition) is 4. The summed E-state index contributed by atoms with van der Waals surface area (Å²) in [6, 6.07) is 6.65. The maximum Gasteiger partial charge on any atom is 0.198 e. The lowest BCUT2D eigenvalue weighted by molar-refractivity contribution is 0.108. The third-order valence-corrected chi connectivity index (χ3v) is 2.83. The Labute approximate surface area is 132 Å². The van der Waals surface area contributed by atoms with Gasteiger partial charge in [-0.1, -0.05) is 24.3 Å². The Bertz CT molecular complexity index is 737. The fraction of sp³-hybridized carbons (Fsp3) is 0. The third kappa shape index (κ3) is 3.78. The summed E-state index contributed by atoms with van der Waals surface area (Å²) in [4.78, 5) is 40.8. The van der Waals surface area contributed by atoms with Crippen LogP contribution in [-0.4, -0.2) is 25.1 Å². The van der Waals surface area contributed by atoms with Crippen molar-refractivity contribution in [2.24, 2.45) is 0 Å². The number of halogens is 4. The summed E-state index contributed by atoms with van der Waals surface area (Å²) in [6.45, 7) is 0. The summed E-state index contributed by atoms with van der Waals surface area (Å²) < 4.78 is 50.4. The van der Waals surface area contributed by atoms with E-state index in [-0.39, 0.29) is 12.6 Å². The molecule has 0 N–H and O–H groups in total. The van der Waals surface area contributed by atoms with Crippen molar-refractivity contribution in [3.05, 3.63) is 69.8 Å². The number of aldehydes is 4. The molecule has 4 nitrogen and oxygen atoms in total. The number of carbonyl (C=O) groups is 4. The van der Waals surface area contributed by atoms with Crippen LogP contribution in [0, 0.1) is 23.3 Å². The molecule has 0 bridgehead atoms. The average Bonchev–Trinajstić information content (AvgIpc) is 2.63. The molecule has 0 aliphatic heterocycles. The van der Waals surface area contributed by atoms with Gasteiger partial charge in [-0.05, 0) is 0 Å². The normalized spacial score (nSPS) is 9.50. The molecule has 0 heterocycles. The predicted octanol–water partition coefficient (Wildman–Crippen LogP) is 3.18. The van der Waals surface area contributed by atoms with Crippen molar-refractivity contribution >= 4 is 25.1 Å². The standard InChI is InChI=1S/C8H2F4O2.C8H6O2/c9-5-3(1-13)4(2-14)6(10)8(12)7(5)11;9-5-7-3-1-2-4-8(7)6-10/h1-2H;1-6H. The molecular formula is C16H8F4O4. The molecule has 0 saturated carbocycles. The van der Waals surface area contributed by atoms with Gasteiger partial charge < -0.3 is 0 Å². The van der Waals surface area contributed by atoms with Crippen molar-refractivity contribution in [2.45, 2.75) is 0 Å². The van der Waals surface area contributed by atoms with E-state index in [0.29, 0.717) is 23.7 Å². The zero-order chi connectivity index (χ0) is 18.3. The van der Waals surface area contributed by atoms with Crippen molar-refractivity contribution in [2.75, 3.05) is 0 Å². The topological polar surface area (TPSA) is 68.3 Å². The SMILES string of the molecule is O=Cc1c(F)c(F)c(F)c(F)c1C=O.O=Cc1ccccc1C=O. The maximum atomic E-state index is 12.7. The molecule has 0 aliphatic carbocycles. The summed E-state index contributed by atoms with van der Waals surface area (Å²) in [5.41, 5.74) is -1.37. The number of hydrogen-bond donors (Lipinski definition) is 0. The summed E-state index contributed by atoms with van der Waals surface area (Å²) in [5, 5.41) is 0. The van der Waals surface area contributed by atoms with Gasteiger partial charge in [0.1, 0.15) is 0 Å². The monoisotopic (exact) mass is 340 g/mol. The molecule has 0 fully saturated rings. The zero-order valence-corrected chi connectivity index (χ0v) is 11.8. The first-order valence-corrected chi connectivity index (χ1v) is 6.18. The van der Waals surface area contributed by atoms with Gasteiger partial charge in [-0.3, -0.25) is 19.2 Å². The zero-order valence-electron chi connectivity index (χ0n) is 11.8. The Morgan fingerprint density at radius 3 is 1.12 bits per heavy atom. The number of carbonyl (C=O) groups excluding carboxylic acids is 4. The Morgan fingerprint density at radius 1 is 0.542 bits per heavy atom. The lowest BCUT2D eigenvalue weighted by Gasteiger charge is -2.03. The molecule has 24 heavy (non-hydrogen) atoms. The largest absolute Gasteiger partial charge is 0.298 e. The molecular weight excluding hydrogens is 332 g/mol. The highest BCUT2D eigenvalue weighted by molar-refractivity contribution is 5.91. The smallest absolute Gasteiger partial charge is 0.198 e. The molecule has 2 aromatic rings. The highest BCUT2D eigenvalue weighted by Crippen LogP contribution is 2.21. The average molecular weight is 340 g/mol. The van der Waals surface area contributed by atoms with E-state index < -0.39 is 34.4 Å². The Balaban J connectivity index is 0.000000254. The van der Waals surface area contributed by atoms with E-state index in [1.165, 1.54) is 0 Å². The van der Waals surface area contributed by atoms with Gasteiger partial charge in [-0.25, -0.2) is 17.6 Å². The van der Waals surface area contributed by atoms with E-state index >= 15 is 0 Å². The molecule has 0 aromatic heterocycles. The van der Waals surface area contributed by atoms with Gasteiger partial charge in [0, 0.05) is 11.1 Å². The second-order valence-corrected chi connectivity index (χ2v) is 4.18. The van der Waals surface area contributed by atoms with Crippen LogP contribution in [0.2, 0.25) is 0 Å². The van der Waals surface area contributed by atoms with E-state index in [2.05, 4.69) is 0 Å². The van der Waals surface area contributed by atoms with Crippen molar-refractivity contribution < 1.29 is 36.7 Å². The lowest BCUT2D eigenvalue weighted by atomic mass is 10.1. The van der Waals surface area contributed by atoms with Crippen molar-refractivity contribution in [3.63, 3.8) is 0 Å². The van der Waals surface area contributed by atoms with Crippen LogP contribution in [-0.2, 0) is 0 Å². The first-order valence-electron chi connectivity index (χ1n) is 6.18. The first-order chi connectivity index (χ1) is 11.4. The molecule has 0 atom stereocenters. The summed E-state index contributed by atoms with van der Waals surface area (Å²) in [5.74, 6) is -7.98. The van der Waals surface area contributed by atoms with Gasteiger partial charge >= 0.3 is 0 Å². The molecule has 0 unspecified atom stereocenters. The van der Waals surface area contributed by atoms with Crippen LogP contribution >= 0.6 is 0 Å². The molecule has 8 heteroatoms. The minimum atomic E-state index is -2.12. The van der Waals surface area contributed by atoms with E-state index in [1.54, 1.807) is 24.3 Å². The second-order valence-electron chi connectivity index (χ2n) is 4.18. The van der Waals surface area contributed by atoms with Crippen molar-refractivity contribution in [1.29, 1.82) is 0 Å². The van der Waals surface area contributed by atoms with Gasteiger partial charge in [-0.2, -0.15) is 0 Å². The van der Waals surface area contributed by atoms with Crippen LogP contribution in [0.1, 0.15) is 41.4 Å². The maximum absolute atomic E-state index is 12.7. The first kappa shape index (κ1) is 18.9. The highest BCUT2D eigenvalue weighted by Gasteiger charge is 2.24. The van der Waals surface area contributed by atoms with Crippen LogP contribution in [0.15, 0.2) is 24.3 Å². The predicted molar refractivity (Wildman–Crippen MR) is 74.3 cm³/mol. The highest BCUT2D eigenvalue weighted by atomic mass is 19.2. The van der Waals surface area contributed by atoms with Crippen LogP contribution in [0.3, 0.4) is 0 Å². The molecule has 0 radical (unpaired) electrons. The van der Waals surface area contributed by atoms with Gasteiger partial charge in [0.15, 0.2) is 48.4 Å². The quantitative estimate of drug-likeness (QED) is 0.371. The van der Waals surface area contributed by atoms with Crippen LogP contribution in [0.5, 0.6) is 0 Å². The van der Waals surface area contributed by atoms with Gasteiger partial charge in [0.2, 0.25) is 0 Å². The fourth-order valence-corrected chi connectivity index (χ4v) is 1.62. The minimum Gasteiger partial charge on any atom is -0.298 e. The van der Waals surface area contributed by atoms with Crippen LogP contribution < -0.4 is 0 Å². The molecule has 2 aromatic carbocycles. The van der Waals surface area contributed by atoms with Gasteiger partial charge in [0.05, 0.1) is 11.1 Å². The fourth-order valence-electron chi connectivity index (χ4n) is 1.62. The van der Waals surface area contributed by atoms with Gasteiger partial charge in [0.25, 0.3) is 0 Å². The Morgan fingerprint density at radius 2 is 0.875 bits per heavy atom. The second kappa shape index (κ2) is 8.47. The molecule has 124 valence electrons. The molecule has 0 saturated heterocycles. The van der Waals surface area contributed by atoms with Gasteiger partial charge in [-0.15, -0.1) is 0 Å². The van der Waals surface area contributed by atoms with E-state index in [9.17, 15) is 36.7 Å². The molecule has 2 rings (SSSR count). The van der Waals surface area contributed by atoms with E-state index in [4.69, 9.17) is 0 Å². The Hall–Kier alpha value is -3.16. The van der Waals surface area contributed by atoms with Crippen molar-refractivity contribution in [1.82, 2.24) is 0 Å². The van der Waals surface area contributed by atoms with Crippen LogP contribution in [0.4, 0.5) is 17.6 Å². The van der Waals surface area contributed by atoms with Crippen LogP contribution in [0.25, 0.3) is 0 Å². The van der Waals surface area contributed by atoms with E-state index in [1.807, 2.05) is 0 Å². The summed E-state index contributed by atoms with van der Waals surface area (Å²) in [7, 11) is 0. The Kier molecular flexibility index (Phi) is 6.66. The third-order valence-electron chi connectivity index (χ3n) is 2.83. The van der Waals surface area contributed by atoms with Crippen molar-refractivity contribution in [3.8, 4) is 0 Å². The number of rotatable bonds is 4. The molecule has 0 amide bonds. The summed E-state index contributed by atoms with van der Waals surface area (Å²) >= 11 is 0. The summed E-state index contributed by atoms with van der Waals surface area (Å²) in [6.07, 6.45) is 0.822.